The van der Waals surface area contributed by atoms with Crippen molar-refractivity contribution in [3.63, 3.8) is 0 Å². The maximum atomic E-state index is 13.3. The Labute approximate surface area is 185 Å². The number of benzene rings is 3. The molecule has 160 valence electrons. The lowest BCUT2D eigenvalue weighted by molar-refractivity contribution is 0.0988. The van der Waals surface area contributed by atoms with Crippen molar-refractivity contribution in [3.05, 3.63) is 84.6 Å². The van der Waals surface area contributed by atoms with Gasteiger partial charge in [0, 0.05) is 23.8 Å². The Balaban J connectivity index is 1.55. The van der Waals surface area contributed by atoms with Gasteiger partial charge in [-0.1, -0.05) is 30.3 Å². The summed E-state index contributed by atoms with van der Waals surface area (Å²) < 4.78 is 34.9. The quantitative estimate of drug-likeness (QED) is 0.487. The van der Waals surface area contributed by atoms with Crippen LogP contribution >= 0.6 is 0 Å². The van der Waals surface area contributed by atoms with Crippen LogP contribution < -0.4 is 14.4 Å². The molecule has 2 heterocycles. The van der Waals surface area contributed by atoms with Gasteiger partial charge < -0.3 is 9.64 Å². The van der Waals surface area contributed by atoms with E-state index in [2.05, 4.69) is 9.71 Å². The molecule has 8 heteroatoms. The zero-order chi connectivity index (χ0) is 22.3. The Morgan fingerprint density at radius 3 is 2.62 bits per heavy atom. The van der Waals surface area contributed by atoms with Gasteiger partial charge in [0.25, 0.3) is 15.9 Å². The molecule has 0 atom stereocenters. The Hall–Kier alpha value is -3.91. The van der Waals surface area contributed by atoms with Gasteiger partial charge in [-0.3, -0.25) is 14.5 Å². The molecule has 7 nitrogen and oxygen atoms in total. The number of aromatic nitrogens is 1. The fourth-order valence-corrected chi connectivity index (χ4v) is 5.04. The number of nitrogens with one attached hydrogen (secondary N) is 1. The average molecular weight is 446 g/mol. The number of carbonyl (C=O) groups excluding carboxylic acids is 1. The molecule has 0 spiro atoms. The summed E-state index contributed by atoms with van der Waals surface area (Å²) in [6, 6.07) is 20.5. The van der Waals surface area contributed by atoms with Crippen molar-refractivity contribution >= 4 is 38.2 Å². The van der Waals surface area contributed by atoms with Crippen LogP contribution in [0.2, 0.25) is 0 Å². The lowest BCUT2D eigenvalue weighted by Gasteiger charge is -2.20. The molecule has 0 aliphatic carbocycles. The van der Waals surface area contributed by atoms with Gasteiger partial charge >= 0.3 is 0 Å². The Morgan fingerprint density at radius 1 is 0.969 bits per heavy atom. The standard InChI is InChI=1S/C24H19N3O4S/c1-2-27-19-9-3-4-10-21(19)31-20-13-12-17(15-18(20)24(27)28)26-32(29,30)22-11-5-7-16-8-6-14-25-23(16)22/h3-15,26H,2H2,1H3. The van der Waals surface area contributed by atoms with Crippen LogP contribution in [0.5, 0.6) is 11.5 Å². The minimum absolute atomic E-state index is 0.0655. The van der Waals surface area contributed by atoms with Gasteiger partial charge in [0.15, 0.2) is 5.75 Å². The van der Waals surface area contributed by atoms with Crippen LogP contribution in [0.4, 0.5) is 11.4 Å². The number of amides is 1. The minimum Gasteiger partial charge on any atom is -0.454 e. The fourth-order valence-electron chi connectivity index (χ4n) is 3.81. The number of carbonyl (C=O) groups is 1. The summed E-state index contributed by atoms with van der Waals surface area (Å²) in [5.41, 5.74) is 1.58. The first-order valence-corrected chi connectivity index (χ1v) is 11.6. The summed E-state index contributed by atoms with van der Waals surface area (Å²) in [5.74, 6) is 0.671. The highest BCUT2D eigenvalue weighted by atomic mass is 32.2. The number of anilines is 2. The second kappa shape index (κ2) is 7.65. The Kier molecular flexibility index (Phi) is 4.79. The van der Waals surface area contributed by atoms with Crippen molar-refractivity contribution in [2.24, 2.45) is 0 Å². The molecule has 0 bridgehead atoms. The summed E-state index contributed by atoms with van der Waals surface area (Å²) >= 11 is 0. The molecule has 0 saturated heterocycles. The Bertz CT molecular complexity index is 1460. The number of fused-ring (bicyclic) bond motifs is 3. The predicted molar refractivity (Wildman–Crippen MR) is 123 cm³/mol. The van der Waals surface area contributed by atoms with E-state index < -0.39 is 10.0 Å². The van der Waals surface area contributed by atoms with E-state index in [0.29, 0.717) is 29.2 Å². The van der Waals surface area contributed by atoms with E-state index in [9.17, 15) is 13.2 Å². The number of sulfonamides is 1. The van der Waals surface area contributed by atoms with Crippen LogP contribution in [0.1, 0.15) is 17.3 Å². The second-order valence-electron chi connectivity index (χ2n) is 7.27. The fraction of sp³-hybridized carbons (Fsp3) is 0.0833. The average Bonchev–Trinajstić information content (AvgIpc) is 2.92. The van der Waals surface area contributed by atoms with E-state index in [1.807, 2.05) is 25.1 Å². The van der Waals surface area contributed by atoms with E-state index in [1.54, 1.807) is 53.6 Å². The highest BCUT2D eigenvalue weighted by Gasteiger charge is 2.28. The number of ether oxygens (including phenoxy) is 1. The largest absolute Gasteiger partial charge is 0.454 e. The molecule has 1 amide bonds. The third-order valence-corrected chi connectivity index (χ3v) is 6.70. The molecule has 1 N–H and O–H groups in total. The molecule has 0 unspecified atom stereocenters. The van der Waals surface area contributed by atoms with Gasteiger partial charge in [0.05, 0.1) is 16.8 Å². The third kappa shape index (κ3) is 3.34. The highest BCUT2D eigenvalue weighted by Crippen LogP contribution is 2.39. The summed E-state index contributed by atoms with van der Waals surface area (Å²) in [6.07, 6.45) is 1.55. The molecule has 1 aromatic heterocycles. The van der Waals surface area contributed by atoms with Gasteiger partial charge in [-0.05, 0) is 49.4 Å². The number of hydrogen-bond donors (Lipinski definition) is 1. The summed E-state index contributed by atoms with van der Waals surface area (Å²) in [4.78, 5) is 19.2. The first-order chi connectivity index (χ1) is 15.5. The number of hydrogen-bond acceptors (Lipinski definition) is 5. The smallest absolute Gasteiger partial charge is 0.264 e. The van der Waals surface area contributed by atoms with E-state index in [4.69, 9.17) is 4.74 Å². The Morgan fingerprint density at radius 2 is 1.78 bits per heavy atom. The molecule has 4 aromatic rings. The van der Waals surface area contributed by atoms with Crippen LogP contribution in [-0.4, -0.2) is 25.9 Å². The predicted octanol–water partition coefficient (Wildman–Crippen LogP) is 4.81. The van der Waals surface area contributed by atoms with E-state index in [-0.39, 0.29) is 22.1 Å². The number of para-hydroxylation sites is 3. The molecule has 3 aromatic carbocycles. The van der Waals surface area contributed by atoms with Gasteiger partial charge in [0.1, 0.15) is 10.6 Å². The van der Waals surface area contributed by atoms with Gasteiger partial charge in [-0.2, -0.15) is 0 Å². The van der Waals surface area contributed by atoms with Crippen molar-refractivity contribution in [3.8, 4) is 11.5 Å². The van der Waals surface area contributed by atoms with Crippen LogP contribution in [0.3, 0.4) is 0 Å². The minimum atomic E-state index is -3.94. The monoisotopic (exact) mass is 445 g/mol. The summed E-state index contributed by atoms with van der Waals surface area (Å²) in [7, 11) is -3.94. The molecule has 5 rings (SSSR count). The lowest BCUT2D eigenvalue weighted by atomic mass is 10.1. The second-order valence-corrected chi connectivity index (χ2v) is 8.92. The van der Waals surface area contributed by atoms with Gasteiger partial charge in [-0.15, -0.1) is 0 Å². The lowest BCUT2D eigenvalue weighted by Crippen LogP contribution is -2.29. The molecule has 32 heavy (non-hydrogen) atoms. The number of rotatable bonds is 4. The van der Waals surface area contributed by atoms with E-state index in [0.717, 1.165) is 5.39 Å². The van der Waals surface area contributed by atoms with Crippen LogP contribution in [0.25, 0.3) is 10.9 Å². The van der Waals surface area contributed by atoms with Crippen LogP contribution in [0, 0.1) is 0 Å². The molecule has 0 saturated carbocycles. The third-order valence-electron chi connectivity index (χ3n) is 5.28. The summed E-state index contributed by atoms with van der Waals surface area (Å²) in [5, 5.41) is 0.720. The number of nitrogens with zero attached hydrogens (tertiary/aromatic N) is 2. The van der Waals surface area contributed by atoms with Crippen molar-refractivity contribution < 1.29 is 17.9 Å². The van der Waals surface area contributed by atoms with E-state index in [1.165, 1.54) is 12.1 Å². The topological polar surface area (TPSA) is 88.6 Å². The SMILES string of the molecule is CCN1C(=O)c2cc(NS(=O)(=O)c3cccc4cccnc34)ccc2Oc2ccccc21. The first-order valence-electron chi connectivity index (χ1n) is 10.1. The van der Waals surface area contributed by atoms with Gasteiger partial charge in [-0.25, -0.2) is 8.42 Å². The van der Waals surface area contributed by atoms with Crippen molar-refractivity contribution in [1.29, 1.82) is 0 Å². The molecular formula is C24H19N3O4S. The molecule has 0 fully saturated rings. The molecule has 1 aliphatic heterocycles. The molecular weight excluding hydrogens is 426 g/mol. The zero-order valence-corrected chi connectivity index (χ0v) is 18.0. The van der Waals surface area contributed by atoms with E-state index >= 15 is 0 Å². The van der Waals surface area contributed by atoms with Gasteiger partial charge in [0.2, 0.25) is 0 Å². The number of pyridine rings is 1. The highest BCUT2D eigenvalue weighted by molar-refractivity contribution is 7.93. The maximum absolute atomic E-state index is 13.3. The van der Waals surface area contributed by atoms with Crippen molar-refractivity contribution in [1.82, 2.24) is 4.98 Å². The van der Waals surface area contributed by atoms with Crippen molar-refractivity contribution in [2.75, 3.05) is 16.2 Å². The molecule has 1 aliphatic rings. The van der Waals surface area contributed by atoms with Crippen LogP contribution in [-0.2, 0) is 10.0 Å². The summed E-state index contributed by atoms with van der Waals surface area (Å²) in [6.45, 7) is 2.32. The van der Waals surface area contributed by atoms with Crippen LogP contribution in [0.15, 0.2) is 83.9 Å². The first kappa shape index (κ1) is 20.0. The van der Waals surface area contributed by atoms with Crippen molar-refractivity contribution in [2.45, 2.75) is 11.8 Å². The molecule has 0 radical (unpaired) electrons. The normalized spacial score (nSPS) is 13.2. The zero-order valence-electron chi connectivity index (χ0n) is 17.1. The maximum Gasteiger partial charge on any atom is 0.264 e.